The van der Waals surface area contributed by atoms with Crippen molar-refractivity contribution in [1.29, 1.82) is 0 Å². The zero-order chi connectivity index (χ0) is 13.8. The number of rotatable bonds is 3. The van der Waals surface area contributed by atoms with Gasteiger partial charge in [0.15, 0.2) is 0 Å². The monoisotopic (exact) mass is 284 g/mol. The summed E-state index contributed by atoms with van der Waals surface area (Å²) in [6, 6.07) is 4.50. The van der Waals surface area contributed by atoms with Crippen molar-refractivity contribution in [3.05, 3.63) is 34.6 Å². The molecule has 0 spiro atoms. The summed E-state index contributed by atoms with van der Waals surface area (Å²) in [7, 11) is 0. The first-order valence-corrected chi connectivity index (χ1v) is 6.92. The number of halogens is 2. The quantitative estimate of drug-likeness (QED) is 0.849. The molecule has 1 aliphatic heterocycles. The Labute approximate surface area is 117 Å². The first-order chi connectivity index (χ1) is 9.11. The van der Waals surface area contributed by atoms with Gasteiger partial charge in [0, 0.05) is 36.8 Å². The SMILES string of the molecule is CCN1CCN(C(=O)Cc2c(F)cccc2Cl)CC1. The van der Waals surface area contributed by atoms with Crippen LogP contribution in [0.2, 0.25) is 5.02 Å². The van der Waals surface area contributed by atoms with Crippen molar-refractivity contribution in [3.8, 4) is 0 Å². The summed E-state index contributed by atoms with van der Waals surface area (Å²) in [6.07, 6.45) is 0.0393. The zero-order valence-electron chi connectivity index (χ0n) is 11.0. The topological polar surface area (TPSA) is 23.6 Å². The van der Waals surface area contributed by atoms with E-state index in [9.17, 15) is 9.18 Å². The fourth-order valence-electron chi connectivity index (χ4n) is 2.28. The molecule has 0 aromatic heterocycles. The van der Waals surface area contributed by atoms with E-state index in [2.05, 4.69) is 11.8 Å². The second kappa shape index (κ2) is 6.35. The van der Waals surface area contributed by atoms with Crippen molar-refractivity contribution >= 4 is 17.5 Å². The van der Waals surface area contributed by atoms with Crippen LogP contribution in [-0.2, 0) is 11.2 Å². The molecule has 1 aromatic rings. The number of nitrogens with zero attached hydrogens (tertiary/aromatic N) is 2. The minimum absolute atomic E-state index is 0.0393. The second-order valence-electron chi connectivity index (χ2n) is 4.69. The maximum Gasteiger partial charge on any atom is 0.227 e. The average Bonchev–Trinajstić information content (AvgIpc) is 2.43. The molecule has 1 aromatic carbocycles. The van der Waals surface area contributed by atoms with Crippen LogP contribution in [0.25, 0.3) is 0 Å². The van der Waals surface area contributed by atoms with Crippen LogP contribution >= 0.6 is 11.6 Å². The van der Waals surface area contributed by atoms with Gasteiger partial charge in [0.25, 0.3) is 0 Å². The lowest BCUT2D eigenvalue weighted by atomic mass is 10.1. The molecule has 3 nitrogen and oxygen atoms in total. The Bertz CT molecular complexity index is 439. The molecule has 5 heteroatoms. The summed E-state index contributed by atoms with van der Waals surface area (Å²) in [5.74, 6) is -0.462. The average molecular weight is 285 g/mol. The van der Waals surface area contributed by atoms with Crippen molar-refractivity contribution in [1.82, 2.24) is 9.80 Å². The normalized spacial score (nSPS) is 16.7. The standard InChI is InChI=1S/C14H18ClFN2O/c1-2-17-6-8-18(9-7-17)14(19)10-11-12(15)4-3-5-13(11)16/h3-5H,2,6-10H2,1H3. The summed E-state index contributed by atoms with van der Waals surface area (Å²) in [5.41, 5.74) is 0.298. The Kier molecular flexibility index (Phi) is 4.77. The lowest BCUT2D eigenvalue weighted by Crippen LogP contribution is -2.49. The van der Waals surface area contributed by atoms with Gasteiger partial charge in [0.05, 0.1) is 6.42 Å². The first-order valence-electron chi connectivity index (χ1n) is 6.55. The lowest BCUT2D eigenvalue weighted by molar-refractivity contribution is -0.132. The molecule has 0 radical (unpaired) electrons. The fourth-order valence-corrected chi connectivity index (χ4v) is 2.51. The van der Waals surface area contributed by atoms with Gasteiger partial charge in [-0.3, -0.25) is 4.79 Å². The summed E-state index contributed by atoms with van der Waals surface area (Å²) in [5, 5.41) is 0.320. The number of hydrogen-bond acceptors (Lipinski definition) is 2. The van der Waals surface area contributed by atoms with Crippen LogP contribution in [0.5, 0.6) is 0 Å². The number of amides is 1. The van der Waals surface area contributed by atoms with Gasteiger partial charge < -0.3 is 9.80 Å². The van der Waals surface area contributed by atoms with E-state index in [1.165, 1.54) is 6.07 Å². The molecule has 0 unspecified atom stereocenters. The van der Waals surface area contributed by atoms with Gasteiger partial charge in [-0.1, -0.05) is 24.6 Å². The van der Waals surface area contributed by atoms with Gasteiger partial charge in [0.1, 0.15) is 5.82 Å². The molecule has 0 bridgehead atoms. The Morgan fingerprint density at radius 3 is 2.58 bits per heavy atom. The lowest BCUT2D eigenvalue weighted by Gasteiger charge is -2.34. The van der Waals surface area contributed by atoms with Crippen LogP contribution in [0.4, 0.5) is 4.39 Å². The largest absolute Gasteiger partial charge is 0.340 e. The highest BCUT2D eigenvalue weighted by Gasteiger charge is 2.21. The van der Waals surface area contributed by atoms with E-state index in [1.54, 1.807) is 17.0 Å². The van der Waals surface area contributed by atoms with E-state index in [4.69, 9.17) is 11.6 Å². The highest BCUT2D eigenvalue weighted by Crippen LogP contribution is 2.20. The van der Waals surface area contributed by atoms with E-state index >= 15 is 0 Å². The first kappa shape index (κ1) is 14.3. The number of piperazine rings is 1. The van der Waals surface area contributed by atoms with Crippen LogP contribution in [0.15, 0.2) is 18.2 Å². The summed E-state index contributed by atoms with van der Waals surface area (Å²) in [6.45, 7) is 6.29. The van der Waals surface area contributed by atoms with Gasteiger partial charge in [-0.05, 0) is 18.7 Å². The summed E-state index contributed by atoms with van der Waals surface area (Å²) >= 11 is 5.94. The summed E-state index contributed by atoms with van der Waals surface area (Å²) in [4.78, 5) is 16.2. The van der Waals surface area contributed by atoms with Gasteiger partial charge in [-0.15, -0.1) is 0 Å². The number of carbonyl (C=O) groups is 1. The van der Waals surface area contributed by atoms with Crippen LogP contribution in [0.1, 0.15) is 12.5 Å². The van der Waals surface area contributed by atoms with Crippen LogP contribution in [0, 0.1) is 5.82 Å². The fraction of sp³-hybridized carbons (Fsp3) is 0.500. The van der Waals surface area contributed by atoms with Gasteiger partial charge in [0.2, 0.25) is 5.91 Å². The third-order valence-corrected chi connectivity index (χ3v) is 3.92. The predicted molar refractivity (Wildman–Crippen MR) is 73.8 cm³/mol. The van der Waals surface area contributed by atoms with Crippen molar-refractivity contribution in [3.63, 3.8) is 0 Å². The van der Waals surface area contributed by atoms with E-state index < -0.39 is 5.82 Å². The van der Waals surface area contributed by atoms with Crippen LogP contribution < -0.4 is 0 Å². The third-order valence-electron chi connectivity index (χ3n) is 3.56. The van der Waals surface area contributed by atoms with Crippen LogP contribution in [0.3, 0.4) is 0 Å². The van der Waals surface area contributed by atoms with Gasteiger partial charge in [-0.2, -0.15) is 0 Å². The highest BCUT2D eigenvalue weighted by molar-refractivity contribution is 6.31. The Balaban J connectivity index is 1.98. The molecule has 1 fully saturated rings. The molecular weight excluding hydrogens is 267 g/mol. The molecular formula is C14H18ClFN2O. The number of hydrogen-bond donors (Lipinski definition) is 0. The van der Waals surface area contributed by atoms with Crippen molar-refractivity contribution in [2.24, 2.45) is 0 Å². The Hall–Kier alpha value is -1.13. The van der Waals surface area contributed by atoms with E-state index in [-0.39, 0.29) is 12.3 Å². The molecule has 104 valence electrons. The molecule has 0 atom stereocenters. The van der Waals surface area contributed by atoms with E-state index in [0.717, 1.165) is 19.6 Å². The molecule has 0 saturated carbocycles. The second-order valence-corrected chi connectivity index (χ2v) is 5.10. The molecule has 1 aliphatic rings. The predicted octanol–water partition coefficient (Wildman–Crippen LogP) is 2.19. The Morgan fingerprint density at radius 2 is 2.00 bits per heavy atom. The smallest absolute Gasteiger partial charge is 0.227 e. The van der Waals surface area contributed by atoms with Crippen molar-refractivity contribution in [2.45, 2.75) is 13.3 Å². The zero-order valence-corrected chi connectivity index (χ0v) is 11.8. The molecule has 1 heterocycles. The van der Waals surface area contributed by atoms with Crippen LogP contribution in [-0.4, -0.2) is 48.4 Å². The minimum atomic E-state index is -0.409. The highest BCUT2D eigenvalue weighted by atomic mass is 35.5. The molecule has 0 N–H and O–H groups in total. The van der Waals surface area contributed by atoms with E-state index in [1.807, 2.05) is 0 Å². The number of likely N-dealkylation sites (N-methyl/N-ethyl adjacent to an activating group) is 1. The summed E-state index contributed by atoms with van der Waals surface area (Å²) < 4.78 is 13.6. The maximum absolute atomic E-state index is 13.6. The molecule has 1 amide bonds. The van der Waals surface area contributed by atoms with Crippen molar-refractivity contribution < 1.29 is 9.18 Å². The minimum Gasteiger partial charge on any atom is -0.340 e. The number of carbonyl (C=O) groups excluding carboxylic acids is 1. The third kappa shape index (κ3) is 3.45. The van der Waals surface area contributed by atoms with E-state index in [0.29, 0.717) is 23.7 Å². The molecule has 2 rings (SSSR count). The maximum atomic E-state index is 13.6. The molecule has 1 saturated heterocycles. The number of benzene rings is 1. The molecule has 19 heavy (non-hydrogen) atoms. The van der Waals surface area contributed by atoms with Gasteiger partial charge in [-0.25, -0.2) is 4.39 Å². The molecule has 0 aliphatic carbocycles. The van der Waals surface area contributed by atoms with Crippen molar-refractivity contribution in [2.75, 3.05) is 32.7 Å². The Morgan fingerprint density at radius 1 is 1.32 bits per heavy atom. The van der Waals surface area contributed by atoms with Gasteiger partial charge >= 0.3 is 0 Å².